The topological polar surface area (TPSA) is 93.1 Å². The quantitative estimate of drug-likeness (QED) is 0.506. The highest BCUT2D eigenvalue weighted by atomic mass is 16.5. The van der Waals surface area contributed by atoms with E-state index in [0.717, 1.165) is 24.8 Å². The predicted octanol–water partition coefficient (Wildman–Crippen LogP) is 3.70. The molecule has 6 nitrogen and oxygen atoms in total. The monoisotopic (exact) mass is 434 g/mol. The minimum Gasteiger partial charge on any atom is -0.458 e. The van der Waals surface area contributed by atoms with Crippen LogP contribution in [0.3, 0.4) is 0 Å². The van der Waals surface area contributed by atoms with Crippen molar-refractivity contribution in [2.45, 2.75) is 91.5 Å². The van der Waals surface area contributed by atoms with E-state index in [1.54, 1.807) is 32.9 Å². The lowest BCUT2D eigenvalue weighted by molar-refractivity contribution is -0.275. The molecule has 1 aliphatic heterocycles. The first-order chi connectivity index (χ1) is 14.4. The van der Waals surface area contributed by atoms with Crippen LogP contribution in [0.1, 0.15) is 73.6 Å². The Labute approximate surface area is 185 Å². The van der Waals surface area contributed by atoms with Crippen molar-refractivity contribution in [2.24, 2.45) is 22.7 Å². The molecule has 0 aromatic heterocycles. The van der Waals surface area contributed by atoms with Crippen LogP contribution in [0.2, 0.25) is 0 Å². The lowest BCUT2D eigenvalue weighted by atomic mass is 9.42. The van der Waals surface area contributed by atoms with Crippen LogP contribution in [0.4, 0.5) is 0 Å². The van der Waals surface area contributed by atoms with Crippen molar-refractivity contribution in [2.75, 3.05) is 6.61 Å². The number of aliphatic hydroxyl groups is 2. The van der Waals surface area contributed by atoms with Crippen LogP contribution in [0.15, 0.2) is 23.3 Å². The van der Waals surface area contributed by atoms with Gasteiger partial charge in [0.2, 0.25) is 0 Å². The Morgan fingerprint density at radius 2 is 2.00 bits per heavy atom. The molecule has 2 saturated carbocycles. The fraction of sp³-hybridized carbons (Fsp3) is 0.760. The van der Waals surface area contributed by atoms with Crippen molar-refractivity contribution in [3.8, 4) is 0 Å². The van der Waals surface area contributed by atoms with Gasteiger partial charge in [0.15, 0.2) is 0 Å². The van der Waals surface area contributed by atoms with E-state index in [4.69, 9.17) is 9.47 Å². The van der Waals surface area contributed by atoms with E-state index < -0.39 is 23.2 Å². The Morgan fingerprint density at radius 1 is 1.32 bits per heavy atom. The van der Waals surface area contributed by atoms with Gasteiger partial charge in [-0.2, -0.15) is 0 Å². The van der Waals surface area contributed by atoms with Crippen molar-refractivity contribution >= 4 is 11.9 Å². The third-order valence-electron chi connectivity index (χ3n) is 9.06. The zero-order chi connectivity index (χ0) is 23.2. The van der Waals surface area contributed by atoms with Crippen LogP contribution in [-0.4, -0.2) is 46.6 Å². The Kier molecular flexibility index (Phi) is 6.47. The maximum Gasteiger partial charge on any atom is 0.333 e. The molecule has 0 radical (unpaired) electrons. The van der Waals surface area contributed by atoms with E-state index in [2.05, 4.69) is 13.8 Å². The summed E-state index contributed by atoms with van der Waals surface area (Å²) in [6.45, 7) is 12.0. The first kappa shape index (κ1) is 24.0. The summed E-state index contributed by atoms with van der Waals surface area (Å²) in [7, 11) is 0. The Bertz CT molecular complexity index is 796. The summed E-state index contributed by atoms with van der Waals surface area (Å²) in [6, 6.07) is 0. The highest BCUT2D eigenvalue weighted by molar-refractivity contribution is 5.87. The molecule has 31 heavy (non-hydrogen) atoms. The molecule has 1 heterocycles. The van der Waals surface area contributed by atoms with Gasteiger partial charge in [-0.25, -0.2) is 9.59 Å². The minimum absolute atomic E-state index is 0.0458. The van der Waals surface area contributed by atoms with Gasteiger partial charge in [0.1, 0.15) is 12.7 Å². The zero-order valence-electron chi connectivity index (χ0n) is 19.7. The number of carbonyl (C=O) groups is 2. The fourth-order valence-electron chi connectivity index (χ4n) is 6.28. The molecular weight excluding hydrogens is 396 g/mol. The molecule has 0 aromatic carbocycles. The van der Waals surface area contributed by atoms with Crippen LogP contribution in [0.25, 0.3) is 0 Å². The van der Waals surface area contributed by atoms with E-state index in [-0.39, 0.29) is 29.2 Å². The maximum absolute atomic E-state index is 12.7. The van der Waals surface area contributed by atoms with Crippen molar-refractivity contribution in [3.05, 3.63) is 23.3 Å². The third-order valence-corrected chi connectivity index (χ3v) is 9.06. The molecular formula is C25H38O6. The van der Waals surface area contributed by atoms with E-state index in [9.17, 15) is 19.8 Å². The van der Waals surface area contributed by atoms with Gasteiger partial charge in [0, 0.05) is 17.1 Å². The molecule has 3 aliphatic rings. The van der Waals surface area contributed by atoms with E-state index >= 15 is 0 Å². The van der Waals surface area contributed by atoms with Crippen LogP contribution in [0.5, 0.6) is 0 Å². The number of rotatable bonds is 5. The second-order valence-electron chi connectivity index (χ2n) is 10.5. The number of ether oxygens (including phenoxy) is 2. The van der Waals surface area contributed by atoms with Crippen molar-refractivity contribution in [1.82, 2.24) is 0 Å². The molecule has 2 N–H and O–H groups in total. The largest absolute Gasteiger partial charge is 0.458 e. The smallest absolute Gasteiger partial charge is 0.333 e. The average Bonchev–Trinajstić information content (AvgIpc) is 3.13. The first-order valence-electron chi connectivity index (χ1n) is 11.5. The molecule has 0 bridgehead atoms. The van der Waals surface area contributed by atoms with Crippen molar-refractivity contribution < 1.29 is 29.3 Å². The van der Waals surface area contributed by atoms with Gasteiger partial charge < -0.3 is 19.7 Å². The lowest BCUT2D eigenvalue weighted by Gasteiger charge is -2.65. The van der Waals surface area contributed by atoms with E-state index in [1.165, 1.54) is 0 Å². The van der Waals surface area contributed by atoms with Crippen LogP contribution >= 0.6 is 0 Å². The number of allylic oxidation sites excluding steroid dienone is 1. The number of esters is 2. The number of cyclic esters (lactones) is 1. The third kappa shape index (κ3) is 3.86. The van der Waals surface area contributed by atoms with E-state index in [0.29, 0.717) is 25.0 Å². The molecule has 2 aliphatic carbocycles. The molecule has 3 rings (SSSR count). The number of aliphatic hydroxyl groups excluding tert-OH is 1. The molecule has 6 heteroatoms. The number of hydrogen-bond acceptors (Lipinski definition) is 6. The molecule has 0 amide bonds. The normalized spacial score (nSPS) is 43.2. The SMILES string of the molecule is C/C=C(\C)C(=O)O[C@@H]1C[C@@H](C)[C@@](C)(CCC2=CC(=O)OC2)[C@@H]2CC[C@H](O)[C@@](C)(O)[C@]12C. The average molecular weight is 435 g/mol. The van der Waals surface area contributed by atoms with Crippen LogP contribution in [-0.2, 0) is 19.1 Å². The fourth-order valence-corrected chi connectivity index (χ4v) is 6.28. The summed E-state index contributed by atoms with van der Waals surface area (Å²) in [4.78, 5) is 24.1. The Hall–Kier alpha value is -1.66. The minimum atomic E-state index is -1.39. The highest BCUT2D eigenvalue weighted by Crippen LogP contribution is 2.65. The molecule has 174 valence electrons. The van der Waals surface area contributed by atoms with Crippen LogP contribution in [0, 0.1) is 22.7 Å². The predicted molar refractivity (Wildman–Crippen MR) is 117 cm³/mol. The second kappa shape index (κ2) is 8.36. The summed E-state index contributed by atoms with van der Waals surface area (Å²) < 4.78 is 11.1. The highest BCUT2D eigenvalue weighted by Gasteiger charge is 2.67. The van der Waals surface area contributed by atoms with Gasteiger partial charge in [-0.1, -0.05) is 26.8 Å². The molecule has 0 unspecified atom stereocenters. The van der Waals surface area contributed by atoms with Gasteiger partial charge >= 0.3 is 11.9 Å². The van der Waals surface area contributed by atoms with Gasteiger partial charge in [-0.3, -0.25) is 0 Å². The summed E-state index contributed by atoms with van der Waals surface area (Å²) in [5.41, 5.74) is -0.803. The standard InChI is InChI=1S/C25H38O6/c1-7-15(2)22(28)31-20-12-16(3)23(4,11-10-17-13-21(27)30-14-17)18-8-9-19(26)25(6,29)24(18,20)5/h7,13,16,18-20,26,29H,8-12,14H2,1-6H3/b15-7+/t16-,18+,19+,20-,23-,24+,25-/m1/s1. The molecule has 0 aromatic rings. The summed E-state index contributed by atoms with van der Waals surface area (Å²) in [6.07, 6.45) is 5.41. The maximum atomic E-state index is 12.7. The molecule has 7 atom stereocenters. The van der Waals surface area contributed by atoms with Crippen molar-refractivity contribution in [1.29, 1.82) is 0 Å². The number of fused-ring (bicyclic) bond motifs is 1. The van der Waals surface area contributed by atoms with Gasteiger partial charge in [0.25, 0.3) is 0 Å². The van der Waals surface area contributed by atoms with Crippen LogP contribution < -0.4 is 0 Å². The number of carbonyl (C=O) groups excluding carboxylic acids is 2. The van der Waals surface area contributed by atoms with Gasteiger partial charge in [0.05, 0.1) is 11.7 Å². The Morgan fingerprint density at radius 3 is 2.58 bits per heavy atom. The van der Waals surface area contributed by atoms with E-state index in [1.807, 2.05) is 6.92 Å². The summed E-state index contributed by atoms with van der Waals surface area (Å²) in [5, 5.41) is 22.3. The van der Waals surface area contributed by atoms with Gasteiger partial charge in [-0.15, -0.1) is 0 Å². The molecule has 0 spiro atoms. The Balaban J connectivity index is 1.96. The zero-order valence-corrected chi connectivity index (χ0v) is 19.7. The molecule has 0 saturated heterocycles. The van der Waals surface area contributed by atoms with Gasteiger partial charge in [-0.05, 0) is 75.7 Å². The first-order valence-corrected chi connectivity index (χ1v) is 11.5. The lowest BCUT2D eigenvalue weighted by Crippen LogP contribution is -2.70. The summed E-state index contributed by atoms with van der Waals surface area (Å²) >= 11 is 0. The summed E-state index contributed by atoms with van der Waals surface area (Å²) in [5.74, 6) is -0.369. The van der Waals surface area contributed by atoms with Crippen molar-refractivity contribution in [3.63, 3.8) is 0 Å². The number of hydrogen-bond donors (Lipinski definition) is 2. The second-order valence-corrected chi connectivity index (χ2v) is 10.5. The molecule has 2 fully saturated rings.